The zero-order chi connectivity index (χ0) is 18.2. The lowest BCUT2D eigenvalue weighted by molar-refractivity contribution is -0.161. The maximum absolute atomic E-state index is 14.8. The molecule has 7 heteroatoms. The number of carbonyl (C=O) groups excluding carboxylic acids is 1. The molecule has 3 rings (SSSR count). The molecule has 0 aromatic heterocycles. The number of carbonyl (C=O) groups is 2. The van der Waals surface area contributed by atoms with Gasteiger partial charge in [0.2, 0.25) is 0 Å². The normalized spacial score (nSPS) is 21.9. The van der Waals surface area contributed by atoms with Gasteiger partial charge in [0.25, 0.3) is 5.91 Å². The molecule has 1 aliphatic carbocycles. The highest BCUT2D eigenvalue weighted by molar-refractivity contribution is 5.86. The number of nitrogens with zero attached hydrogens (tertiary/aromatic N) is 1. The van der Waals surface area contributed by atoms with Crippen LogP contribution in [0, 0.1) is 11.3 Å². The highest BCUT2D eigenvalue weighted by atomic mass is 19.3. The first-order valence-electron chi connectivity index (χ1n) is 8.44. The van der Waals surface area contributed by atoms with Gasteiger partial charge in [-0.25, -0.2) is 0 Å². The first-order valence-corrected chi connectivity index (χ1v) is 8.44. The van der Waals surface area contributed by atoms with E-state index in [2.05, 4.69) is 0 Å². The molecule has 0 radical (unpaired) electrons. The Bertz CT molecular complexity index is 683. The molecule has 1 N–H and O–H groups in total. The van der Waals surface area contributed by atoms with Crippen LogP contribution in [0.25, 0.3) is 0 Å². The molecule has 1 aromatic carbocycles. The van der Waals surface area contributed by atoms with Crippen LogP contribution in [0.2, 0.25) is 0 Å². The van der Waals surface area contributed by atoms with Gasteiger partial charge in [-0.1, -0.05) is 12.1 Å². The molecule has 1 amide bonds. The minimum Gasteiger partial charge on any atom is -0.493 e. The van der Waals surface area contributed by atoms with Crippen molar-refractivity contribution in [1.29, 1.82) is 0 Å². The van der Waals surface area contributed by atoms with E-state index in [1.807, 2.05) is 0 Å². The largest absolute Gasteiger partial charge is 0.493 e. The smallest absolute Gasteiger partial charge is 0.353 e. The number of aliphatic carboxylic acids is 1. The van der Waals surface area contributed by atoms with Crippen molar-refractivity contribution in [1.82, 2.24) is 4.90 Å². The lowest BCUT2D eigenvalue weighted by Crippen LogP contribution is -2.46. The molecule has 25 heavy (non-hydrogen) atoms. The van der Waals surface area contributed by atoms with E-state index in [-0.39, 0.29) is 30.9 Å². The second kappa shape index (κ2) is 6.28. The number of hydrogen-bond acceptors (Lipinski definition) is 3. The molecule has 1 aliphatic heterocycles. The molecule has 1 unspecified atom stereocenters. The summed E-state index contributed by atoms with van der Waals surface area (Å²) in [4.78, 5) is 24.7. The lowest BCUT2D eigenvalue weighted by Gasteiger charge is -2.34. The Morgan fingerprint density at radius 2 is 1.96 bits per heavy atom. The summed E-state index contributed by atoms with van der Waals surface area (Å²) < 4.78 is 34.8. The number of likely N-dealkylation sites (tertiary alicyclic amines) is 1. The van der Waals surface area contributed by atoms with E-state index in [9.17, 15) is 18.4 Å². The Morgan fingerprint density at radius 3 is 2.52 bits per heavy atom. The number of hydrogen-bond donors (Lipinski definition) is 1. The molecule has 136 valence electrons. The van der Waals surface area contributed by atoms with Crippen molar-refractivity contribution in [2.45, 2.75) is 32.1 Å². The predicted octanol–water partition coefficient (Wildman–Crippen LogP) is 2.89. The number of piperidine rings is 1. The second-order valence-corrected chi connectivity index (χ2v) is 6.75. The Kier molecular flexibility index (Phi) is 4.43. The van der Waals surface area contributed by atoms with Crippen LogP contribution in [0.4, 0.5) is 8.78 Å². The van der Waals surface area contributed by atoms with Gasteiger partial charge >= 0.3 is 11.9 Å². The van der Waals surface area contributed by atoms with E-state index in [4.69, 9.17) is 9.84 Å². The summed E-state index contributed by atoms with van der Waals surface area (Å²) in [6.45, 7) is 2.24. The predicted molar refractivity (Wildman–Crippen MR) is 85.5 cm³/mol. The fourth-order valence-corrected chi connectivity index (χ4v) is 3.73. The van der Waals surface area contributed by atoms with Gasteiger partial charge in [0.1, 0.15) is 5.75 Å². The first-order chi connectivity index (χ1) is 11.8. The van der Waals surface area contributed by atoms with Crippen molar-refractivity contribution in [2.24, 2.45) is 11.3 Å². The van der Waals surface area contributed by atoms with E-state index in [1.54, 1.807) is 13.0 Å². The topological polar surface area (TPSA) is 66.8 Å². The minimum absolute atomic E-state index is 0.00460. The van der Waals surface area contributed by atoms with Gasteiger partial charge in [-0.15, -0.1) is 0 Å². The van der Waals surface area contributed by atoms with Gasteiger partial charge in [-0.2, -0.15) is 8.78 Å². The van der Waals surface area contributed by atoms with Gasteiger partial charge in [0.15, 0.2) is 0 Å². The summed E-state index contributed by atoms with van der Waals surface area (Å²) in [6, 6.07) is 5.66. The summed E-state index contributed by atoms with van der Waals surface area (Å²) in [6.07, 6.45) is 1.49. The van der Waals surface area contributed by atoms with Gasteiger partial charge in [-0.3, -0.25) is 9.59 Å². The lowest BCUT2D eigenvalue weighted by atomic mass is 9.90. The van der Waals surface area contributed by atoms with Crippen molar-refractivity contribution in [2.75, 3.05) is 19.7 Å². The van der Waals surface area contributed by atoms with Gasteiger partial charge in [0.05, 0.1) is 18.1 Å². The number of rotatable bonds is 5. The fraction of sp³-hybridized carbons (Fsp3) is 0.556. The van der Waals surface area contributed by atoms with Crippen LogP contribution in [0.15, 0.2) is 24.3 Å². The van der Waals surface area contributed by atoms with Crippen LogP contribution < -0.4 is 4.74 Å². The summed E-state index contributed by atoms with van der Waals surface area (Å²) in [5, 5.41) is 9.09. The monoisotopic (exact) mass is 353 g/mol. The maximum atomic E-state index is 14.8. The van der Waals surface area contributed by atoms with Crippen LogP contribution in [0.1, 0.15) is 31.7 Å². The molecule has 2 fully saturated rings. The van der Waals surface area contributed by atoms with Crippen LogP contribution in [-0.2, 0) is 15.5 Å². The van der Waals surface area contributed by atoms with Crippen molar-refractivity contribution in [3.05, 3.63) is 29.8 Å². The van der Waals surface area contributed by atoms with E-state index in [0.717, 1.165) is 4.90 Å². The maximum Gasteiger partial charge on any atom is 0.353 e. The standard InChI is InChI=1S/C18H21F2NO4/c1-2-25-14-6-4-3-5-12(14)18(19,20)16(24)21-9-7-17(8-10-21)11-13(17)15(22)23/h3-6,13H,2,7-11H2,1H3,(H,22,23). The molecule has 1 saturated heterocycles. The van der Waals surface area contributed by atoms with Gasteiger partial charge in [-0.05, 0) is 43.7 Å². The van der Waals surface area contributed by atoms with Crippen molar-refractivity contribution in [3.63, 3.8) is 0 Å². The molecule has 1 atom stereocenters. The zero-order valence-corrected chi connectivity index (χ0v) is 14.0. The highest BCUT2D eigenvalue weighted by Crippen LogP contribution is 2.59. The molecule has 1 heterocycles. The molecule has 1 saturated carbocycles. The minimum atomic E-state index is -3.67. The average molecular weight is 353 g/mol. The second-order valence-electron chi connectivity index (χ2n) is 6.75. The van der Waals surface area contributed by atoms with Crippen molar-refractivity contribution >= 4 is 11.9 Å². The number of halogens is 2. The summed E-state index contributed by atoms with van der Waals surface area (Å²) in [7, 11) is 0. The van der Waals surface area contributed by atoms with Crippen LogP contribution >= 0.6 is 0 Å². The summed E-state index contributed by atoms with van der Waals surface area (Å²) >= 11 is 0. The number of carboxylic acids is 1. The highest BCUT2D eigenvalue weighted by Gasteiger charge is 2.60. The van der Waals surface area contributed by atoms with E-state index in [0.29, 0.717) is 19.3 Å². The number of ether oxygens (including phenoxy) is 1. The SMILES string of the molecule is CCOc1ccccc1C(F)(F)C(=O)N1CCC2(CC1)CC2C(=O)O. The number of amides is 1. The molecular weight excluding hydrogens is 332 g/mol. The molecular formula is C18H21F2NO4. The Labute approximate surface area is 144 Å². The van der Waals surface area contributed by atoms with Gasteiger partial charge in [0, 0.05) is 13.1 Å². The first kappa shape index (κ1) is 17.6. The summed E-state index contributed by atoms with van der Waals surface area (Å²) in [5.41, 5.74) is -0.738. The molecule has 1 aromatic rings. The Hall–Kier alpha value is -2.18. The third-order valence-electron chi connectivity index (χ3n) is 5.33. The fourth-order valence-electron chi connectivity index (χ4n) is 3.73. The summed E-state index contributed by atoms with van der Waals surface area (Å²) in [5.74, 6) is -6.15. The van der Waals surface area contributed by atoms with Crippen molar-refractivity contribution < 1.29 is 28.2 Å². The van der Waals surface area contributed by atoms with Crippen molar-refractivity contribution in [3.8, 4) is 5.75 Å². The van der Waals surface area contributed by atoms with E-state index < -0.39 is 29.3 Å². The average Bonchev–Trinajstić information content (AvgIpc) is 3.29. The van der Waals surface area contributed by atoms with Crippen LogP contribution in [0.3, 0.4) is 0 Å². The number of benzene rings is 1. The van der Waals surface area contributed by atoms with Gasteiger partial charge < -0.3 is 14.7 Å². The Morgan fingerprint density at radius 1 is 1.32 bits per heavy atom. The quantitative estimate of drug-likeness (QED) is 0.884. The Balaban J connectivity index is 1.72. The zero-order valence-electron chi connectivity index (χ0n) is 14.0. The van der Waals surface area contributed by atoms with Crippen LogP contribution in [-0.4, -0.2) is 41.6 Å². The van der Waals surface area contributed by atoms with Crippen LogP contribution in [0.5, 0.6) is 5.75 Å². The number of carboxylic acid groups (broad SMARTS) is 1. The number of para-hydroxylation sites is 1. The molecule has 2 aliphatic rings. The van der Waals surface area contributed by atoms with E-state index >= 15 is 0 Å². The molecule has 1 spiro atoms. The van der Waals surface area contributed by atoms with E-state index in [1.165, 1.54) is 18.2 Å². The molecule has 5 nitrogen and oxygen atoms in total. The number of alkyl halides is 2. The molecule has 0 bridgehead atoms. The third-order valence-corrected chi connectivity index (χ3v) is 5.33. The third kappa shape index (κ3) is 3.07.